The number of nitrogens with two attached hydrogens (primary N) is 1. The maximum absolute atomic E-state index is 6.21. The molecule has 1 unspecified atom stereocenters. The van der Waals surface area contributed by atoms with Gasteiger partial charge in [0, 0.05) is 31.5 Å². The molecule has 29 heavy (non-hydrogen) atoms. The molecule has 2 aromatic rings. The van der Waals surface area contributed by atoms with Crippen LogP contribution in [0.1, 0.15) is 22.7 Å². The normalized spacial score (nSPS) is 16.1. The average Bonchev–Trinajstić information content (AvgIpc) is 2.72. The van der Waals surface area contributed by atoms with E-state index < -0.39 is 0 Å². The van der Waals surface area contributed by atoms with Crippen molar-refractivity contribution < 1.29 is 9.47 Å². The van der Waals surface area contributed by atoms with E-state index in [1.807, 2.05) is 24.3 Å². The highest BCUT2D eigenvalue weighted by molar-refractivity contribution is 14.0. The molecule has 0 amide bonds. The summed E-state index contributed by atoms with van der Waals surface area (Å²) in [6.45, 7) is 6.53. The molecule has 0 aromatic heterocycles. The second-order valence-electron chi connectivity index (χ2n) is 7.02. The summed E-state index contributed by atoms with van der Waals surface area (Å²) in [5, 5.41) is 3.22. The van der Waals surface area contributed by atoms with Gasteiger partial charge in [0.05, 0.1) is 32.4 Å². The van der Waals surface area contributed by atoms with Gasteiger partial charge >= 0.3 is 0 Å². The summed E-state index contributed by atoms with van der Waals surface area (Å²) >= 11 is 0. The minimum atomic E-state index is 0. The molecule has 1 atom stereocenters. The Balaban J connectivity index is 0.00000300. The fourth-order valence-corrected chi connectivity index (χ4v) is 3.40. The number of methoxy groups -OCH3 is 1. The molecule has 1 aliphatic rings. The van der Waals surface area contributed by atoms with E-state index in [0.29, 0.717) is 19.1 Å². The SMILES string of the molecule is COCc1ccccc1NC(N)=NCC(c1ccc(C)cc1)N1CCOCC1.I. The van der Waals surface area contributed by atoms with Crippen LogP contribution in [0.15, 0.2) is 53.5 Å². The molecule has 1 fully saturated rings. The van der Waals surface area contributed by atoms with E-state index in [0.717, 1.165) is 37.6 Å². The lowest BCUT2D eigenvalue weighted by Gasteiger charge is -2.34. The summed E-state index contributed by atoms with van der Waals surface area (Å²) in [7, 11) is 1.68. The first-order valence-electron chi connectivity index (χ1n) is 9.69. The number of morpholine rings is 1. The highest BCUT2D eigenvalue weighted by Crippen LogP contribution is 2.23. The number of aliphatic imine (C=N–C) groups is 1. The fraction of sp³-hybridized carbons (Fsp3) is 0.409. The first-order valence-corrected chi connectivity index (χ1v) is 9.69. The van der Waals surface area contributed by atoms with Crippen LogP contribution in [-0.4, -0.2) is 50.8 Å². The molecule has 2 aromatic carbocycles. The zero-order chi connectivity index (χ0) is 19.8. The standard InChI is InChI=1S/C22H30N4O2.HI/c1-17-7-9-18(10-8-17)21(26-11-13-28-14-12-26)15-24-22(23)25-20-6-4-3-5-19(20)16-27-2;/h3-10,21H,11-16H2,1-2H3,(H3,23,24,25);1H. The summed E-state index contributed by atoms with van der Waals surface area (Å²) in [6.07, 6.45) is 0. The number of ether oxygens (including phenoxy) is 2. The van der Waals surface area contributed by atoms with Gasteiger partial charge in [-0.3, -0.25) is 9.89 Å². The van der Waals surface area contributed by atoms with Gasteiger partial charge in [0.15, 0.2) is 5.96 Å². The molecule has 3 N–H and O–H groups in total. The number of halogens is 1. The van der Waals surface area contributed by atoms with E-state index in [4.69, 9.17) is 15.2 Å². The van der Waals surface area contributed by atoms with Crippen LogP contribution in [0.3, 0.4) is 0 Å². The fourth-order valence-electron chi connectivity index (χ4n) is 3.40. The van der Waals surface area contributed by atoms with Crippen LogP contribution in [0, 0.1) is 6.92 Å². The molecule has 158 valence electrons. The van der Waals surface area contributed by atoms with Crippen molar-refractivity contribution in [3.63, 3.8) is 0 Å². The van der Waals surface area contributed by atoms with Crippen molar-refractivity contribution in [2.24, 2.45) is 10.7 Å². The molecular weight excluding hydrogens is 479 g/mol. The van der Waals surface area contributed by atoms with Gasteiger partial charge in [-0.05, 0) is 18.6 Å². The topological polar surface area (TPSA) is 72.1 Å². The number of nitrogens with zero attached hydrogens (tertiary/aromatic N) is 2. The molecule has 3 rings (SSSR count). The molecule has 0 bridgehead atoms. The van der Waals surface area contributed by atoms with Crippen molar-refractivity contribution >= 4 is 35.6 Å². The predicted molar refractivity (Wildman–Crippen MR) is 129 cm³/mol. The van der Waals surface area contributed by atoms with Crippen LogP contribution in [0.4, 0.5) is 5.69 Å². The van der Waals surface area contributed by atoms with Crippen LogP contribution in [0.25, 0.3) is 0 Å². The second kappa shape index (κ2) is 12.1. The third-order valence-corrected chi connectivity index (χ3v) is 4.96. The average molecular weight is 510 g/mol. The summed E-state index contributed by atoms with van der Waals surface area (Å²) in [5.74, 6) is 0.411. The van der Waals surface area contributed by atoms with Crippen molar-refractivity contribution in [1.29, 1.82) is 0 Å². The van der Waals surface area contributed by atoms with E-state index in [2.05, 4.69) is 46.4 Å². The molecule has 1 heterocycles. The van der Waals surface area contributed by atoms with Crippen LogP contribution >= 0.6 is 24.0 Å². The zero-order valence-electron chi connectivity index (χ0n) is 17.1. The number of nitrogens with one attached hydrogen (secondary N) is 1. The molecule has 0 radical (unpaired) electrons. The molecule has 0 aliphatic carbocycles. The Bertz CT molecular complexity index is 777. The molecule has 6 nitrogen and oxygen atoms in total. The monoisotopic (exact) mass is 510 g/mol. The molecule has 0 saturated carbocycles. The van der Waals surface area contributed by atoms with Crippen molar-refractivity contribution in [3.05, 3.63) is 65.2 Å². The van der Waals surface area contributed by atoms with E-state index in [1.165, 1.54) is 11.1 Å². The van der Waals surface area contributed by atoms with Crippen molar-refractivity contribution in [3.8, 4) is 0 Å². The van der Waals surface area contributed by atoms with Gasteiger partial charge < -0.3 is 20.5 Å². The first kappa shape index (κ1) is 23.6. The van der Waals surface area contributed by atoms with E-state index in [-0.39, 0.29) is 30.0 Å². The number of rotatable bonds is 7. The number of hydrogen-bond acceptors (Lipinski definition) is 4. The van der Waals surface area contributed by atoms with Gasteiger partial charge in [0.25, 0.3) is 0 Å². The zero-order valence-corrected chi connectivity index (χ0v) is 19.5. The smallest absolute Gasteiger partial charge is 0.193 e. The Hall–Kier alpha value is -1.68. The number of hydrogen-bond donors (Lipinski definition) is 2. The quantitative estimate of drug-likeness (QED) is 0.339. The van der Waals surface area contributed by atoms with Gasteiger partial charge in [0.1, 0.15) is 0 Å². The lowest BCUT2D eigenvalue weighted by molar-refractivity contribution is 0.0180. The summed E-state index contributed by atoms with van der Waals surface area (Å²) in [6, 6.07) is 16.8. The van der Waals surface area contributed by atoms with Crippen LogP contribution in [-0.2, 0) is 16.1 Å². The third kappa shape index (κ3) is 6.95. The highest BCUT2D eigenvalue weighted by atomic mass is 127. The molecule has 1 aliphatic heterocycles. The molecule has 0 spiro atoms. The van der Waals surface area contributed by atoms with Crippen LogP contribution in [0.2, 0.25) is 0 Å². The largest absolute Gasteiger partial charge is 0.380 e. The van der Waals surface area contributed by atoms with Gasteiger partial charge in [-0.2, -0.15) is 0 Å². The Kier molecular flexibility index (Phi) is 9.86. The number of para-hydroxylation sites is 1. The summed E-state index contributed by atoms with van der Waals surface area (Å²) in [4.78, 5) is 7.08. The minimum absolute atomic E-state index is 0. The van der Waals surface area contributed by atoms with Gasteiger partial charge in [-0.15, -0.1) is 24.0 Å². The predicted octanol–water partition coefficient (Wildman–Crippen LogP) is 3.56. The van der Waals surface area contributed by atoms with E-state index >= 15 is 0 Å². The van der Waals surface area contributed by atoms with Crippen molar-refractivity contribution in [2.75, 3.05) is 45.3 Å². The van der Waals surface area contributed by atoms with Gasteiger partial charge in [-0.25, -0.2) is 0 Å². The Morgan fingerprint density at radius 1 is 1.17 bits per heavy atom. The van der Waals surface area contributed by atoms with Crippen molar-refractivity contribution in [1.82, 2.24) is 4.90 Å². The Morgan fingerprint density at radius 2 is 1.86 bits per heavy atom. The maximum atomic E-state index is 6.21. The van der Waals surface area contributed by atoms with Gasteiger partial charge in [0.2, 0.25) is 0 Å². The molecule has 7 heteroatoms. The van der Waals surface area contributed by atoms with Crippen molar-refractivity contribution in [2.45, 2.75) is 19.6 Å². The Morgan fingerprint density at radius 3 is 2.55 bits per heavy atom. The summed E-state index contributed by atoms with van der Waals surface area (Å²) in [5.41, 5.74) is 10.7. The summed E-state index contributed by atoms with van der Waals surface area (Å²) < 4.78 is 10.8. The lowest BCUT2D eigenvalue weighted by Crippen LogP contribution is -2.40. The second-order valence-corrected chi connectivity index (χ2v) is 7.02. The molecule has 1 saturated heterocycles. The lowest BCUT2D eigenvalue weighted by atomic mass is 10.0. The highest BCUT2D eigenvalue weighted by Gasteiger charge is 2.22. The first-order chi connectivity index (χ1) is 13.7. The number of guanidine groups is 1. The minimum Gasteiger partial charge on any atom is -0.380 e. The van der Waals surface area contributed by atoms with E-state index in [9.17, 15) is 0 Å². The van der Waals surface area contributed by atoms with Crippen LogP contribution < -0.4 is 11.1 Å². The van der Waals surface area contributed by atoms with E-state index in [1.54, 1.807) is 7.11 Å². The molecular formula is C22H31IN4O2. The number of anilines is 1. The number of benzene rings is 2. The Labute approximate surface area is 190 Å². The van der Waals surface area contributed by atoms with Gasteiger partial charge in [-0.1, -0.05) is 48.0 Å². The van der Waals surface area contributed by atoms with Crippen LogP contribution in [0.5, 0.6) is 0 Å². The maximum Gasteiger partial charge on any atom is 0.193 e. The third-order valence-electron chi connectivity index (χ3n) is 4.96. The number of aryl methyl sites for hydroxylation is 1.